The number of rotatable bonds is 4. The Morgan fingerprint density at radius 3 is 3.04 bits per heavy atom. The maximum absolute atomic E-state index is 12.7. The predicted molar refractivity (Wildman–Crippen MR) is 86.2 cm³/mol. The first kappa shape index (κ1) is 15.4. The highest BCUT2D eigenvalue weighted by Gasteiger charge is 2.54. The molecule has 3 heterocycles. The van der Waals surface area contributed by atoms with Crippen LogP contribution in [0.3, 0.4) is 0 Å². The van der Waals surface area contributed by atoms with Gasteiger partial charge in [-0.2, -0.15) is 5.10 Å². The molecule has 1 aliphatic carbocycles. The molecule has 7 nitrogen and oxygen atoms in total. The fraction of sp³-hybridized carbons (Fsp3) is 0.647. The molecule has 0 unspecified atom stereocenters. The second-order valence-electron chi connectivity index (χ2n) is 7.00. The molecule has 7 heteroatoms. The van der Waals surface area contributed by atoms with Gasteiger partial charge in [0.1, 0.15) is 0 Å². The Hall–Kier alpha value is -2.18. The van der Waals surface area contributed by atoms with Gasteiger partial charge >= 0.3 is 0 Å². The van der Waals surface area contributed by atoms with Gasteiger partial charge in [0.25, 0.3) is 0 Å². The van der Waals surface area contributed by atoms with E-state index in [0.717, 1.165) is 43.8 Å². The maximum Gasteiger partial charge on any atom is 0.228 e. The molecule has 1 amide bonds. The number of aromatic nitrogens is 4. The highest BCUT2D eigenvalue weighted by atomic mass is 16.4. The van der Waals surface area contributed by atoms with Crippen molar-refractivity contribution < 1.29 is 9.21 Å². The molecule has 2 aromatic rings. The molecule has 0 N–H and O–H groups in total. The first-order chi connectivity index (χ1) is 11.6. The lowest BCUT2D eigenvalue weighted by molar-refractivity contribution is -0.129. The lowest BCUT2D eigenvalue weighted by Gasteiger charge is -2.24. The van der Waals surface area contributed by atoms with Crippen molar-refractivity contribution in [2.75, 3.05) is 13.1 Å². The summed E-state index contributed by atoms with van der Waals surface area (Å²) in [6.07, 6.45) is 6.18. The Morgan fingerprint density at radius 2 is 2.33 bits per heavy atom. The summed E-state index contributed by atoms with van der Waals surface area (Å²) in [6.45, 7) is 3.50. The number of nitrogens with zero attached hydrogens (tertiary/aromatic N) is 5. The van der Waals surface area contributed by atoms with Gasteiger partial charge in [0.2, 0.25) is 17.7 Å². The van der Waals surface area contributed by atoms with E-state index in [1.54, 1.807) is 10.9 Å². The molecule has 2 aliphatic rings. The van der Waals surface area contributed by atoms with Crippen LogP contribution < -0.4 is 0 Å². The molecule has 1 saturated carbocycles. The molecule has 128 valence electrons. The van der Waals surface area contributed by atoms with Crippen molar-refractivity contribution in [2.24, 2.45) is 13.0 Å². The van der Waals surface area contributed by atoms with Crippen molar-refractivity contribution >= 4 is 5.91 Å². The summed E-state index contributed by atoms with van der Waals surface area (Å²) < 4.78 is 7.66. The molecule has 2 atom stereocenters. The van der Waals surface area contributed by atoms with E-state index in [0.29, 0.717) is 24.8 Å². The van der Waals surface area contributed by atoms with E-state index < -0.39 is 0 Å². The first-order valence-corrected chi connectivity index (χ1v) is 8.70. The Bertz CT molecular complexity index is 752. The van der Waals surface area contributed by atoms with Crippen LogP contribution in [0.1, 0.15) is 43.7 Å². The van der Waals surface area contributed by atoms with E-state index in [2.05, 4.69) is 15.3 Å². The average Bonchev–Trinajstić information content (AvgIpc) is 3.29. The second-order valence-corrected chi connectivity index (χ2v) is 7.00. The number of amides is 1. The van der Waals surface area contributed by atoms with Crippen molar-refractivity contribution in [3.8, 4) is 0 Å². The molecule has 1 saturated heterocycles. The number of carbonyl (C=O) groups excluding carboxylic acids is 1. The summed E-state index contributed by atoms with van der Waals surface area (Å²) in [5.74, 6) is 2.00. The number of likely N-dealkylation sites (tertiary alicyclic amines) is 1. The van der Waals surface area contributed by atoms with Crippen LogP contribution in [0.4, 0.5) is 0 Å². The van der Waals surface area contributed by atoms with Gasteiger partial charge in [0, 0.05) is 38.4 Å². The largest absolute Gasteiger partial charge is 0.425 e. The fourth-order valence-electron chi connectivity index (χ4n) is 4.27. The lowest BCUT2D eigenvalue weighted by Crippen LogP contribution is -2.35. The summed E-state index contributed by atoms with van der Waals surface area (Å²) in [5, 5.41) is 12.6. The molecule has 2 aromatic heterocycles. The van der Waals surface area contributed by atoms with Gasteiger partial charge in [-0.05, 0) is 24.8 Å². The van der Waals surface area contributed by atoms with Crippen molar-refractivity contribution in [1.29, 1.82) is 0 Å². The lowest BCUT2D eigenvalue weighted by atomic mass is 9.80. The Labute approximate surface area is 141 Å². The van der Waals surface area contributed by atoms with Gasteiger partial charge in [-0.15, -0.1) is 10.2 Å². The molecule has 0 radical (unpaired) electrons. The van der Waals surface area contributed by atoms with E-state index in [1.165, 1.54) is 0 Å². The first-order valence-electron chi connectivity index (χ1n) is 8.70. The number of hydrogen-bond acceptors (Lipinski definition) is 5. The van der Waals surface area contributed by atoms with Crippen molar-refractivity contribution in [1.82, 2.24) is 24.9 Å². The average molecular weight is 329 g/mol. The van der Waals surface area contributed by atoms with Crippen LogP contribution in [-0.4, -0.2) is 43.9 Å². The van der Waals surface area contributed by atoms with Crippen LogP contribution >= 0.6 is 0 Å². The highest BCUT2D eigenvalue weighted by molar-refractivity contribution is 5.79. The monoisotopic (exact) mass is 329 g/mol. The van der Waals surface area contributed by atoms with Gasteiger partial charge in [-0.25, -0.2) is 0 Å². The summed E-state index contributed by atoms with van der Waals surface area (Å²) in [7, 11) is 1.87. The summed E-state index contributed by atoms with van der Waals surface area (Å²) in [5.41, 5.74) is 0.805. The van der Waals surface area contributed by atoms with E-state index in [4.69, 9.17) is 4.42 Å². The Morgan fingerprint density at radius 1 is 1.46 bits per heavy atom. The van der Waals surface area contributed by atoms with Crippen LogP contribution in [-0.2, 0) is 30.1 Å². The van der Waals surface area contributed by atoms with Gasteiger partial charge < -0.3 is 9.32 Å². The normalized spacial score (nSPS) is 26.1. The van der Waals surface area contributed by atoms with E-state index in [1.807, 2.05) is 24.9 Å². The maximum atomic E-state index is 12.7. The third kappa shape index (κ3) is 2.34. The minimum absolute atomic E-state index is 0.136. The quantitative estimate of drug-likeness (QED) is 0.849. The van der Waals surface area contributed by atoms with Gasteiger partial charge in [-0.1, -0.05) is 13.3 Å². The van der Waals surface area contributed by atoms with Gasteiger partial charge in [0.05, 0.1) is 11.8 Å². The van der Waals surface area contributed by atoms with Gasteiger partial charge in [-0.3, -0.25) is 9.48 Å². The fourth-order valence-corrected chi connectivity index (χ4v) is 4.27. The number of carbonyl (C=O) groups is 1. The zero-order valence-corrected chi connectivity index (χ0v) is 14.2. The molecule has 0 bridgehead atoms. The number of fused-ring (bicyclic) bond motifs is 1. The smallest absolute Gasteiger partial charge is 0.228 e. The zero-order valence-electron chi connectivity index (χ0n) is 14.2. The Balaban J connectivity index is 1.54. The topological polar surface area (TPSA) is 77.1 Å². The van der Waals surface area contributed by atoms with Crippen LogP contribution in [0.2, 0.25) is 0 Å². The third-order valence-electron chi connectivity index (χ3n) is 5.67. The number of hydrogen-bond donors (Lipinski definition) is 0. The van der Waals surface area contributed by atoms with E-state index >= 15 is 0 Å². The van der Waals surface area contributed by atoms with Crippen molar-refractivity contribution in [3.63, 3.8) is 0 Å². The van der Waals surface area contributed by atoms with E-state index in [-0.39, 0.29) is 11.3 Å². The highest BCUT2D eigenvalue weighted by Crippen LogP contribution is 2.50. The SMILES string of the molecule is CCc1nnc([C@]23CCC[C@H]2CN(C(=O)Cc2ccnn2C)C3)o1. The summed E-state index contributed by atoms with van der Waals surface area (Å²) >= 11 is 0. The minimum atomic E-state index is -0.136. The molecule has 1 aliphatic heterocycles. The van der Waals surface area contributed by atoms with Crippen LogP contribution in [0.15, 0.2) is 16.7 Å². The second kappa shape index (κ2) is 5.72. The molecule has 0 spiro atoms. The molecule has 0 aromatic carbocycles. The van der Waals surface area contributed by atoms with Crippen LogP contribution in [0.5, 0.6) is 0 Å². The molecular formula is C17H23N5O2. The summed E-state index contributed by atoms with van der Waals surface area (Å²) in [6, 6.07) is 1.90. The van der Waals surface area contributed by atoms with Crippen molar-refractivity contribution in [3.05, 3.63) is 29.7 Å². The van der Waals surface area contributed by atoms with Crippen molar-refractivity contribution in [2.45, 2.75) is 44.4 Å². The summed E-state index contributed by atoms with van der Waals surface area (Å²) in [4.78, 5) is 14.7. The molecule has 4 rings (SSSR count). The standard InChI is InChI=1S/C17H23N5O2/c1-3-14-19-20-16(24-14)17-7-4-5-12(17)10-22(11-17)15(23)9-13-6-8-18-21(13)2/h6,8,12H,3-5,7,9-11H2,1-2H3/t12-,17-/m0/s1. The molecular weight excluding hydrogens is 306 g/mol. The minimum Gasteiger partial charge on any atom is -0.425 e. The molecule has 2 fully saturated rings. The predicted octanol–water partition coefficient (Wildman–Crippen LogP) is 1.49. The zero-order chi connectivity index (χ0) is 16.7. The number of aryl methyl sites for hydroxylation is 2. The van der Waals surface area contributed by atoms with Crippen LogP contribution in [0.25, 0.3) is 0 Å². The third-order valence-corrected chi connectivity index (χ3v) is 5.67. The van der Waals surface area contributed by atoms with Gasteiger partial charge in [0.15, 0.2) is 0 Å². The Kier molecular flexibility index (Phi) is 3.66. The van der Waals surface area contributed by atoms with Crippen LogP contribution in [0, 0.1) is 5.92 Å². The van der Waals surface area contributed by atoms with E-state index in [9.17, 15) is 4.79 Å². The molecule has 24 heavy (non-hydrogen) atoms.